The second-order valence-electron chi connectivity index (χ2n) is 4.03. The van der Waals surface area contributed by atoms with E-state index in [4.69, 9.17) is 0 Å². The Morgan fingerprint density at radius 2 is 1.10 bits per heavy atom. The van der Waals surface area contributed by atoms with E-state index >= 15 is 0 Å². The van der Waals surface area contributed by atoms with E-state index in [0.29, 0.717) is 0 Å². The van der Waals surface area contributed by atoms with E-state index in [-0.39, 0.29) is 32.7 Å². The molecule has 0 nitrogen and oxygen atoms in total. The van der Waals surface area contributed by atoms with E-state index in [1.807, 2.05) is 66.7 Å². The van der Waals surface area contributed by atoms with Crippen LogP contribution in [0.25, 0.3) is 0 Å². The second-order valence-corrected chi connectivity index (χ2v) is 4.03. The summed E-state index contributed by atoms with van der Waals surface area (Å²) in [6, 6.07) is 35.0. The molecule has 0 radical (unpaired) electrons. The summed E-state index contributed by atoms with van der Waals surface area (Å²) in [6.07, 6.45) is 0.918. The van der Waals surface area contributed by atoms with Crippen LogP contribution < -0.4 is 0 Å². The van der Waals surface area contributed by atoms with Crippen molar-refractivity contribution in [2.45, 2.75) is 6.42 Å². The Hall–Kier alpha value is -1.24. The predicted molar refractivity (Wildman–Crippen MR) is 78.6 cm³/mol. The molecule has 0 amide bonds. The molecule has 1 heteroatoms. The molecular formula is C19H15Y. The van der Waals surface area contributed by atoms with Crippen molar-refractivity contribution in [3.05, 3.63) is 108 Å². The average Bonchev–Trinajstić information content (AvgIpc) is 2.52. The maximum atomic E-state index is 3.20. The molecule has 20 heavy (non-hydrogen) atoms. The maximum Gasteiger partial charge on any atom is 3.00 e. The van der Waals surface area contributed by atoms with Crippen LogP contribution in [-0.4, -0.2) is 0 Å². The molecule has 0 aliphatic heterocycles. The fraction of sp³-hybridized carbons (Fsp3) is 0.0526. The molecule has 0 aliphatic rings. The van der Waals surface area contributed by atoms with Gasteiger partial charge in [0.1, 0.15) is 0 Å². The molecule has 0 saturated carbocycles. The van der Waals surface area contributed by atoms with E-state index in [2.05, 4.69) is 30.3 Å². The number of benzene rings is 3. The quantitative estimate of drug-likeness (QED) is 0.612. The second kappa shape index (κ2) is 10.5. The number of hydrogen-bond acceptors (Lipinski definition) is 0. The van der Waals surface area contributed by atoms with Crippen LogP contribution in [0.5, 0.6) is 0 Å². The van der Waals surface area contributed by atoms with Crippen molar-refractivity contribution in [2.75, 3.05) is 0 Å². The minimum Gasteiger partial charge on any atom is -0.184 e. The third-order valence-corrected chi connectivity index (χ3v) is 2.53. The predicted octanol–water partition coefficient (Wildman–Crippen LogP) is 4.36. The van der Waals surface area contributed by atoms with Crippen molar-refractivity contribution >= 4 is 0 Å². The molecule has 0 fully saturated rings. The van der Waals surface area contributed by atoms with Gasteiger partial charge in [0.2, 0.25) is 0 Å². The monoisotopic (exact) mass is 332 g/mol. The smallest absolute Gasteiger partial charge is 0.184 e. The first-order valence-corrected chi connectivity index (χ1v) is 6.27. The molecular weight excluding hydrogens is 317 g/mol. The van der Waals surface area contributed by atoms with Gasteiger partial charge in [-0.15, -0.1) is 0 Å². The summed E-state index contributed by atoms with van der Waals surface area (Å²) in [5, 5.41) is 0. The molecule has 0 N–H and O–H groups in total. The minimum absolute atomic E-state index is 0. The fourth-order valence-electron chi connectivity index (χ4n) is 1.63. The summed E-state index contributed by atoms with van der Waals surface area (Å²) < 4.78 is 0. The Balaban J connectivity index is 0.000000243. The summed E-state index contributed by atoms with van der Waals surface area (Å²) >= 11 is 0. The fourth-order valence-corrected chi connectivity index (χ4v) is 1.63. The van der Waals surface area contributed by atoms with Gasteiger partial charge in [0.15, 0.2) is 0 Å². The molecule has 3 aromatic rings. The normalized spacial score (nSPS) is 8.80. The summed E-state index contributed by atoms with van der Waals surface area (Å²) in [5.74, 6) is 0. The van der Waals surface area contributed by atoms with E-state index < -0.39 is 0 Å². The number of hydrogen-bond donors (Lipinski definition) is 0. The van der Waals surface area contributed by atoms with E-state index in [0.717, 1.165) is 6.42 Å². The summed E-state index contributed by atoms with van der Waals surface area (Å²) in [5.41, 5.74) is 2.43. The Kier molecular flexibility index (Phi) is 8.86. The van der Waals surface area contributed by atoms with Crippen molar-refractivity contribution in [3.63, 3.8) is 0 Å². The first-order valence-electron chi connectivity index (χ1n) is 6.27. The zero-order valence-electron chi connectivity index (χ0n) is 11.3. The third kappa shape index (κ3) is 6.79. The van der Waals surface area contributed by atoms with Crippen molar-refractivity contribution in [2.24, 2.45) is 0 Å². The van der Waals surface area contributed by atoms with Crippen LogP contribution in [0.2, 0.25) is 0 Å². The molecule has 94 valence electrons. The zero-order valence-corrected chi connectivity index (χ0v) is 14.1. The maximum absolute atomic E-state index is 3.20. The standard InChI is InChI=1S/C13H10.C6H5.Y/c1-3-7-12(8-4-1)11-13-9-5-2-6-10-13;1-2-4-6-5-3-1;/h1-7,9H,11H2;1-5H;/q-2;-1;+3. The van der Waals surface area contributed by atoms with Gasteiger partial charge in [-0.3, -0.25) is 0 Å². The SMILES string of the molecule is [Y+3].[c-]1ccccc1.[c-]1ccccc1Cc1[c-]cccc1. The first kappa shape index (κ1) is 16.8. The van der Waals surface area contributed by atoms with Crippen molar-refractivity contribution in [1.29, 1.82) is 0 Å². The molecule has 0 heterocycles. The van der Waals surface area contributed by atoms with Gasteiger partial charge in [-0.2, -0.15) is 108 Å². The van der Waals surface area contributed by atoms with Crippen LogP contribution in [0.1, 0.15) is 11.1 Å². The molecule has 0 unspecified atom stereocenters. The molecule has 3 rings (SSSR count). The van der Waals surface area contributed by atoms with Crippen LogP contribution in [-0.2, 0) is 39.1 Å². The van der Waals surface area contributed by atoms with E-state index in [9.17, 15) is 0 Å². The van der Waals surface area contributed by atoms with Gasteiger partial charge in [-0.1, -0.05) is 0 Å². The van der Waals surface area contributed by atoms with Gasteiger partial charge in [0, 0.05) is 0 Å². The van der Waals surface area contributed by atoms with Gasteiger partial charge in [-0.25, -0.2) is 0 Å². The van der Waals surface area contributed by atoms with Gasteiger partial charge >= 0.3 is 32.7 Å². The molecule has 0 aliphatic carbocycles. The minimum atomic E-state index is 0. The van der Waals surface area contributed by atoms with Gasteiger partial charge in [-0.05, 0) is 6.42 Å². The molecule has 3 aromatic carbocycles. The molecule has 0 saturated heterocycles. The van der Waals surface area contributed by atoms with Crippen molar-refractivity contribution < 1.29 is 32.7 Å². The van der Waals surface area contributed by atoms with Crippen molar-refractivity contribution in [3.8, 4) is 0 Å². The molecule has 0 atom stereocenters. The van der Waals surface area contributed by atoms with Crippen molar-refractivity contribution in [1.82, 2.24) is 0 Å². The Morgan fingerprint density at radius 3 is 1.40 bits per heavy atom. The van der Waals surface area contributed by atoms with Crippen LogP contribution in [0.4, 0.5) is 0 Å². The summed E-state index contributed by atoms with van der Waals surface area (Å²) in [4.78, 5) is 0. The van der Waals surface area contributed by atoms with Gasteiger partial charge < -0.3 is 0 Å². The van der Waals surface area contributed by atoms with Crippen LogP contribution in [0, 0.1) is 18.2 Å². The van der Waals surface area contributed by atoms with Crippen LogP contribution >= 0.6 is 0 Å². The third-order valence-electron chi connectivity index (χ3n) is 2.53. The largest absolute Gasteiger partial charge is 3.00 e. The molecule has 0 aromatic heterocycles. The van der Waals surface area contributed by atoms with Gasteiger partial charge in [0.05, 0.1) is 0 Å². The average molecular weight is 332 g/mol. The zero-order chi connectivity index (χ0) is 13.2. The molecule has 0 spiro atoms. The first-order chi connectivity index (χ1) is 9.45. The number of rotatable bonds is 2. The van der Waals surface area contributed by atoms with E-state index in [1.165, 1.54) is 11.1 Å². The Labute approximate surface area is 146 Å². The summed E-state index contributed by atoms with van der Waals surface area (Å²) in [6.45, 7) is 0. The van der Waals surface area contributed by atoms with Crippen LogP contribution in [0.3, 0.4) is 0 Å². The Bertz CT molecular complexity index is 483. The topological polar surface area (TPSA) is 0 Å². The Morgan fingerprint density at radius 1 is 0.600 bits per heavy atom. The summed E-state index contributed by atoms with van der Waals surface area (Å²) in [7, 11) is 0. The van der Waals surface area contributed by atoms with Gasteiger partial charge in [0.25, 0.3) is 0 Å². The van der Waals surface area contributed by atoms with E-state index in [1.54, 1.807) is 0 Å². The molecule has 0 bridgehead atoms. The van der Waals surface area contributed by atoms with Crippen LogP contribution in [0.15, 0.2) is 78.9 Å².